The van der Waals surface area contributed by atoms with Crippen molar-refractivity contribution in [1.82, 2.24) is 9.55 Å². The highest BCUT2D eigenvalue weighted by atomic mass is 19.1. The molecule has 0 aliphatic carbocycles. The van der Waals surface area contributed by atoms with Crippen LogP contribution in [-0.4, -0.2) is 16.2 Å². The van der Waals surface area contributed by atoms with Crippen molar-refractivity contribution >= 4 is 11.0 Å². The Morgan fingerprint density at radius 1 is 1.10 bits per heavy atom. The molecule has 0 aliphatic rings. The lowest BCUT2D eigenvalue weighted by molar-refractivity contribution is 0.298. The standard InChI is InChI=1S/C16H15FN2O/c1-12-18-15-4-2-3-5-16(15)19(12)10-11-20-14-8-6-13(17)7-9-14/h2-9H,10-11H2,1H3. The Labute approximate surface area is 116 Å². The van der Waals surface area contributed by atoms with Gasteiger partial charge in [0.05, 0.1) is 17.6 Å². The molecule has 0 fully saturated rings. The van der Waals surface area contributed by atoms with E-state index < -0.39 is 0 Å². The van der Waals surface area contributed by atoms with E-state index in [1.54, 1.807) is 12.1 Å². The Balaban J connectivity index is 1.71. The summed E-state index contributed by atoms with van der Waals surface area (Å²) >= 11 is 0. The van der Waals surface area contributed by atoms with Gasteiger partial charge >= 0.3 is 0 Å². The van der Waals surface area contributed by atoms with E-state index in [1.807, 2.05) is 31.2 Å². The minimum atomic E-state index is -0.256. The third-order valence-electron chi connectivity index (χ3n) is 3.24. The van der Waals surface area contributed by atoms with Crippen LogP contribution in [0.5, 0.6) is 5.75 Å². The maximum Gasteiger partial charge on any atom is 0.123 e. The summed E-state index contributed by atoms with van der Waals surface area (Å²) in [5, 5.41) is 0. The average molecular weight is 270 g/mol. The molecule has 0 atom stereocenters. The first-order valence-corrected chi connectivity index (χ1v) is 6.54. The van der Waals surface area contributed by atoms with Crippen LogP contribution in [0.15, 0.2) is 48.5 Å². The molecule has 20 heavy (non-hydrogen) atoms. The molecule has 0 saturated heterocycles. The van der Waals surface area contributed by atoms with Crippen molar-refractivity contribution in [2.75, 3.05) is 6.61 Å². The van der Waals surface area contributed by atoms with E-state index in [2.05, 4.69) is 9.55 Å². The molecule has 3 nitrogen and oxygen atoms in total. The summed E-state index contributed by atoms with van der Waals surface area (Å²) in [6, 6.07) is 14.1. The van der Waals surface area contributed by atoms with Crippen LogP contribution in [-0.2, 0) is 6.54 Å². The minimum absolute atomic E-state index is 0.256. The van der Waals surface area contributed by atoms with Gasteiger partial charge in [-0.2, -0.15) is 0 Å². The fraction of sp³-hybridized carbons (Fsp3) is 0.188. The molecule has 0 spiro atoms. The predicted molar refractivity (Wildman–Crippen MR) is 76.4 cm³/mol. The molecule has 0 saturated carbocycles. The number of aromatic nitrogens is 2. The monoisotopic (exact) mass is 270 g/mol. The summed E-state index contributed by atoms with van der Waals surface area (Å²) in [6.07, 6.45) is 0. The first kappa shape index (κ1) is 12.7. The Hall–Kier alpha value is -2.36. The van der Waals surface area contributed by atoms with Gasteiger partial charge in [-0.1, -0.05) is 12.1 Å². The second-order valence-corrected chi connectivity index (χ2v) is 4.60. The number of imidazole rings is 1. The van der Waals surface area contributed by atoms with Crippen molar-refractivity contribution in [2.45, 2.75) is 13.5 Å². The lowest BCUT2D eigenvalue weighted by atomic mass is 10.3. The van der Waals surface area contributed by atoms with E-state index in [-0.39, 0.29) is 5.82 Å². The van der Waals surface area contributed by atoms with Crippen LogP contribution in [0, 0.1) is 12.7 Å². The highest BCUT2D eigenvalue weighted by Crippen LogP contribution is 2.16. The fourth-order valence-corrected chi connectivity index (χ4v) is 2.26. The number of aryl methyl sites for hydroxylation is 1. The number of fused-ring (bicyclic) bond motifs is 1. The number of para-hydroxylation sites is 2. The molecule has 102 valence electrons. The maximum absolute atomic E-state index is 12.8. The van der Waals surface area contributed by atoms with E-state index in [4.69, 9.17) is 4.74 Å². The van der Waals surface area contributed by atoms with E-state index in [9.17, 15) is 4.39 Å². The fourth-order valence-electron chi connectivity index (χ4n) is 2.26. The molecular weight excluding hydrogens is 255 g/mol. The first-order chi connectivity index (χ1) is 9.74. The van der Waals surface area contributed by atoms with Crippen LogP contribution in [0.3, 0.4) is 0 Å². The van der Waals surface area contributed by atoms with Crippen molar-refractivity contribution in [3.63, 3.8) is 0 Å². The largest absolute Gasteiger partial charge is 0.492 e. The number of rotatable bonds is 4. The second-order valence-electron chi connectivity index (χ2n) is 4.60. The van der Waals surface area contributed by atoms with Crippen molar-refractivity contribution in [1.29, 1.82) is 0 Å². The third-order valence-corrected chi connectivity index (χ3v) is 3.24. The summed E-state index contributed by atoms with van der Waals surface area (Å²) in [7, 11) is 0. The number of benzene rings is 2. The molecule has 0 aliphatic heterocycles. The van der Waals surface area contributed by atoms with Gasteiger partial charge in [0.2, 0.25) is 0 Å². The molecule has 3 rings (SSSR count). The molecule has 1 heterocycles. The van der Waals surface area contributed by atoms with E-state index in [0.717, 1.165) is 16.9 Å². The van der Waals surface area contributed by atoms with Crippen molar-refractivity contribution in [2.24, 2.45) is 0 Å². The topological polar surface area (TPSA) is 27.1 Å². The quantitative estimate of drug-likeness (QED) is 0.724. The smallest absolute Gasteiger partial charge is 0.123 e. The lowest BCUT2D eigenvalue weighted by Crippen LogP contribution is -2.09. The van der Waals surface area contributed by atoms with Crippen LogP contribution in [0.1, 0.15) is 5.82 Å². The molecule has 1 aromatic heterocycles. The summed E-state index contributed by atoms with van der Waals surface area (Å²) < 4.78 is 20.5. The molecule has 4 heteroatoms. The summed E-state index contributed by atoms with van der Waals surface area (Å²) in [5.41, 5.74) is 2.10. The van der Waals surface area contributed by atoms with Gasteiger partial charge < -0.3 is 9.30 Å². The Bertz CT molecular complexity index is 719. The zero-order valence-electron chi connectivity index (χ0n) is 11.2. The van der Waals surface area contributed by atoms with Crippen LogP contribution >= 0.6 is 0 Å². The third kappa shape index (κ3) is 2.50. The predicted octanol–water partition coefficient (Wildman–Crippen LogP) is 3.56. The number of ether oxygens (including phenoxy) is 1. The summed E-state index contributed by atoms with van der Waals surface area (Å²) in [5.74, 6) is 1.39. The van der Waals surface area contributed by atoms with E-state index >= 15 is 0 Å². The van der Waals surface area contributed by atoms with Crippen molar-refractivity contribution in [3.05, 3.63) is 60.2 Å². The normalized spacial score (nSPS) is 10.9. The Kier molecular flexibility index (Phi) is 3.37. The molecule has 3 aromatic rings. The highest BCUT2D eigenvalue weighted by Gasteiger charge is 2.06. The Morgan fingerprint density at radius 2 is 1.85 bits per heavy atom. The van der Waals surface area contributed by atoms with Gasteiger partial charge in [-0.3, -0.25) is 0 Å². The van der Waals surface area contributed by atoms with Crippen LogP contribution < -0.4 is 4.74 Å². The van der Waals surface area contributed by atoms with Gasteiger partial charge in [-0.05, 0) is 43.3 Å². The summed E-state index contributed by atoms with van der Waals surface area (Å²) in [4.78, 5) is 4.51. The first-order valence-electron chi connectivity index (χ1n) is 6.54. The molecular formula is C16H15FN2O. The number of hydrogen-bond acceptors (Lipinski definition) is 2. The van der Waals surface area contributed by atoms with Gasteiger partial charge in [0, 0.05) is 0 Å². The molecule has 0 unspecified atom stereocenters. The lowest BCUT2D eigenvalue weighted by Gasteiger charge is -2.09. The number of halogens is 1. The second kappa shape index (κ2) is 5.33. The molecule has 0 radical (unpaired) electrons. The molecule has 2 aromatic carbocycles. The van der Waals surface area contributed by atoms with Crippen molar-refractivity contribution < 1.29 is 9.13 Å². The molecule has 0 bridgehead atoms. The SMILES string of the molecule is Cc1nc2ccccc2n1CCOc1ccc(F)cc1. The molecule has 0 N–H and O–H groups in total. The zero-order chi connectivity index (χ0) is 13.9. The van der Waals surface area contributed by atoms with Crippen LogP contribution in [0.25, 0.3) is 11.0 Å². The van der Waals surface area contributed by atoms with Crippen LogP contribution in [0.4, 0.5) is 4.39 Å². The zero-order valence-corrected chi connectivity index (χ0v) is 11.2. The van der Waals surface area contributed by atoms with Gasteiger partial charge in [-0.25, -0.2) is 9.37 Å². The van der Waals surface area contributed by atoms with Gasteiger partial charge in [0.1, 0.15) is 24.0 Å². The highest BCUT2D eigenvalue weighted by molar-refractivity contribution is 5.75. The van der Waals surface area contributed by atoms with Gasteiger partial charge in [-0.15, -0.1) is 0 Å². The Morgan fingerprint density at radius 3 is 2.65 bits per heavy atom. The maximum atomic E-state index is 12.8. The number of nitrogens with zero attached hydrogens (tertiary/aromatic N) is 2. The van der Waals surface area contributed by atoms with Gasteiger partial charge in [0.25, 0.3) is 0 Å². The minimum Gasteiger partial charge on any atom is -0.492 e. The van der Waals surface area contributed by atoms with Crippen molar-refractivity contribution in [3.8, 4) is 5.75 Å². The van der Waals surface area contributed by atoms with E-state index in [1.165, 1.54) is 12.1 Å². The summed E-state index contributed by atoms with van der Waals surface area (Å²) in [6.45, 7) is 3.22. The van der Waals surface area contributed by atoms with Gasteiger partial charge in [0.15, 0.2) is 0 Å². The van der Waals surface area contributed by atoms with E-state index in [0.29, 0.717) is 18.9 Å². The van der Waals surface area contributed by atoms with Crippen LogP contribution in [0.2, 0.25) is 0 Å². The molecule has 0 amide bonds. The average Bonchev–Trinajstić information content (AvgIpc) is 2.77. The number of hydrogen-bond donors (Lipinski definition) is 0.